The molecule has 0 radical (unpaired) electrons. The van der Waals surface area contributed by atoms with Crippen LogP contribution in [0.3, 0.4) is 0 Å². The number of sulfonamides is 1. The van der Waals surface area contributed by atoms with Gasteiger partial charge in [-0.3, -0.25) is 4.72 Å². The van der Waals surface area contributed by atoms with Crippen LogP contribution in [0.15, 0.2) is 29.4 Å². The quantitative estimate of drug-likeness (QED) is 0.742. The summed E-state index contributed by atoms with van der Waals surface area (Å²) >= 11 is 0. The first kappa shape index (κ1) is 15.1. The van der Waals surface area contributed by atoms with Crippen LogP contribution in [0.25, 0.3) is 0 Å². The van der Waals surface area contributed by atoms with Gasteiger partial charge in [-0.1, -0.05) is 17.9 Å². The summed E-state index contributed by atoms with van der Waals surface area (Å²) in [7, 11) is -3.72. The molecule has 7 heteroatoms. The van der Waals surface area contributed by atoms with E-state index in [0.29, 0.717) is 17.1 Å². The van der Waals surface area contributed by atoms with Gasteiger partial charge in [-0.25, -0.2) is 4.98 Å². The molecule has 1 aromatic heterocycles. The maximum atomic E-state index is 12.2. The molecule has 3 N–H and O–H groups in total. The number of imidazole rings is 1. The van der Waals surface area contributed by atoms with Crippen molar-refractivity contribution in [1.82, 2.24) is 9.97 Å². The normalized spacial score (nSPS) is 10.8. The molecule has 2 rings (SSSR count). The van der Waals surface area contributed by atoms with Crippen LogP contribution in [-0.4, -0.2) is 30.1 Å². The molecule has 110 valence electrons. The molecule has 0 bridgehead atoms. The van der Waals surface area contributed by atoms with Crippen molar-refractivity contribution in [3.63, 3.8) is 0 Å². The number of anilines is 1. The van der Waals surface area contributed by atoms with Crippen molar-refractivity contribution in [3.8, 4) is 11.8 Å². The van der Waals surface area contributed by atoms with E-state index in [4.69, 9.17) is 5.11 Å². The van der Waals surface area contributed by atoms with Crippen molar-refractivity contribution < 1.29 is 13.5 Å². The molecule has 6 nitrogen and oxygen atoms in total. The second kappa shape index (κ2) is 5.99. The summed E-state index contributed by atoms with van der Waals surface area (Å²) in [6, 6.07) is 5.15. The monoisotopic (exact) mass is 305 g/mol. The number of aromatic nitrogens is 2. The minimum Gasteiger partial charge on any atom is -0.384 e. The molecule has 0 spiro atoms. The molecule has 0 unspecified atom stereocenters. The van der Waals surface area contributed by atoms with Crippen LogP contribution in [0.1, 0.15) is 17.0 Å². The van der Waals surface area contributed by atoms with Crippen LogP contribution in [0.2, 0.25) is 0 Å². The molecule has 0 amide bonds. The predicted octanol–water partition coefficient (Wildman–Crippen LogP) is 1.17. The molecule has 1 heterocycles. The van der Waals surface area contributed by atoms with Gasteiger partial charge >= 0.3 is 0 Å². The van der Waals surface area contributed by atoms with E-state index in [-0.39, 0.29) is 11.6 Å². The molecule has 0 fully saturated rings. The Bertz CT molecular complexity index is 813. The first-order valence-electron chi connectivity index (χ1n) is 6.17. The molecule has 1 aromatic carbocycles. The van der Waals surface area contributed by atoms with Crippen molar-refractivity contribution in [2.24, 2.45) is 0 Å². The van der Waals surface area contributed by atoms with Gasteiger partial charge < -0.3 is 10.1 Å². The zero-order valence-corrected chi connectivity index (χ0v) is 12.5. The van der Waals surface area contributed by atoms with E-state index in [1.54, 1.807) is 32.0 Å². The maximum absolute atomic E-state index is 12.2. The number of hydrogen-bond acceptors (Lipinski definition) is 4. The molecule has 2 aromatic rings. The molecule has 0 aliphatic heterocycles. The fourth-order valence-corrected chi connectivity index (χ4v) is 2.78. The summed E-state index contributed by atoms with van der Waals surface area (Å²) in [5.74, 6) is 5.78. The van der Waals surface area contributed by atoms with E-state index >= 15 is 0 Å². The van der Waals surface area contributed by atoms with Crippen molar-refractivity contribution in [1.29, 1.82) is 0 Å². The van der Waals surface area contributed by atoms with Gasteiger partial charge in [-0.05, 0) is 31.5 Å². The predicted molar refractivity (Wildman–Crippen MR) is 79.3 cm³/mol. The lowest BCUT2D eigenvalue weighted by Crippen LogP contribution is -2.14. The number of aliphatic hydroxyl groups is 1. The molecule has 21 heavy (non-hydrogen) atoms. The number of benzene rings is 1. The Labute approximate surface area is 123 Å². The fourth-order valence-electron chi connectivity index (χ4n) is 1.69. The summed E-state index contributed by atoms with van der Waals surface area (Å²) in [5.41, 5.74) is 1.82. The summed E-state index contributed by atoms with van der Waals surface area (Å²) in [6.45, 7) is 3.22. The van der Waals surface area contributed by atoms with Gasteiger partial charge in [0, 0.05) is 5.56 Å². The zero-order chi connectivity index (χ0) is 15.5. The molecule has 0 atom stereocenters. The third kappa shape index (κ3) is 3.62. The third-order valence-electron chi connectivity index (χ3n) is 2.76. The standard InChI is InChI=1S/C14H15N3O3S/c1-10-5-6-12(4-3-7-18)8-13(10)17-21(19,20)14-9-15-11(2)16-14/h5-6,8-9,17-18H,7H2,1-2H3,(H,15,16). The number of rotatable bonds is 3. The highest BCUT2D eigenvalue weighted by atomic mass is 32.2. The average Bonchev–Trinajstić information content (AvgIpc) is 2.87. The van der Waals surface area contributed by atoms with Gasteiger partial charge in [0.1, 0.15) is 12.4 Å². The van der Waals surface area contributed by atoms with Gasteiger partial charge in [-0.2, -0.15) is 8.42 Å². The maximum Gasteiger partial charge on any atom is 0.278 e. The van der Waals surface area contributed by atoms with E-state index in [2.05, 4.69) is 26.5 Å². The molecular weight excluding hydrogens is 290 g/mol. The Morgan fingerprint density at radius 3 is 2.76 bits per heavy atom. The number of nitrogens with one attached hydrogen (secondary N) is 2. The Morgan fingerprint density at radius 2 is 2.14 bits per heavy atom. The van der Waals surface area contributed by atoms with Gasteiger partial charge in [0.25, 0.3) is 10.0 Å². The highest BCUT2D eigenvalue weighted by Gasteiger charge is 2.17. The van der Waals surface area contributed by atoms with E-state index in [0.717, 1.165) is 5.56 Å². The topological polar surface area (TPSA) is 95.1 Å². The van der Waals surface area contributed by atoms with Gasteiger partial charge in [0.2, 0.25) is 0 Å². The lowest BCUT2D eigenvalue weighted by atomic mass is 10.1. The summed E-state index contributed by atoms with van der Waals surface area (Å²) in [5, 5.41) is 8.70. The number of aryl methyl sites for hydroxylation is 2. The highest BCUT2D eigenvalue weighted by Crippen LogP contribution is 2.20. The van der Waals surface area contributed by atoms with Crippen LogP contribution in [0, 0.1) is 25.7 Å². The number of nitrogens with zero attached hydrogens (tertiary/aromatic N) is 1. The lowest BCUT2D eigenvalue weighted by Gasteiger charge is -2.09. The fraction of sp³-hybridized carbons (Fsp3) is 0.214. The van der Waals surface area contributed by atoms with Crippen molar-refractivity contribution in [2.75, 3.05) is 11.3 Å². The minimum absolute atomic E-state index is 0.00578. The zero-order valence-electron chi connectivity index (χ0n) is 11.6. The molecule has 0 saturated heterocycles. The van der Waals surface area contributed by atoms with Crippen LogP contribution in [0.5, 0.6) is 0 Å². The van der Waals surface area contributed by atoms with E-state index in [9.17, 15) is 8.42 Å². The van der Waals surface area contributed by atoms with Crippen molar-refractivity contribution in [2.45, 2.75) is 18.9 Å². The van der Waals surface area contributed by atoms with E-state index in [1.807, 2.05) is 0 Å². The first-order valence-corrected chi connectivity index (χ1v) is 7.65. The second-order valence-corrected chi connectivity index (χ2v) is 6.08. The van der Waals surface area contributed by atoms with Crippen molar-refractivity contribution in [3.05, 3.63) is 41.3 Å². The Kier molecular flexibility index (Phi) is 4.31. The molecule has 0 aliphatic carbocycles. The van der Waals surface area contributed by atoms with E-state index < -0.39 is 10.0 Å². The Balaban J connectivity index is 2.34. The van der Waals surface area contributed by atoms with Gasteiger partial charge in [-0.15, -0.1) is 0 Å². The third-order valence-corrected chi connectivity index (χ3v) is 4.04. The van der Waals surface area contributed by atoms with Gasteiger partial charge in [0.15, 0.2) is 5.03 Å². The number of aliphatic hydroxyl groups excluding tert-OH is 1. The van der Waals surface area contributed by atoms with Crippen LogP contribution in [0.4, 0.5) is 5.69 Å². The smallest absolute Gasteiger partial charge is 0.278 e. The molecule has 0 aliphatic rings. The van der Waals surface area contributed by atoms with E-state index in [1.165, 1.54) is 6.20 Å². The minimum atomic E-state index is -3.72. The first-order chi connectivity index (χ1) is 9.92. The Morgan fingerprint density at radius 1 is 1.38 bits per heavy atom. The molecule has 0 saturated carbocycles. The van der Waals surface area contributed by atoms with Crippen LogP contribution >= 0.6 is 0 Å². The lowest BCUT2D eigenvalue weighted by molar-refractivity contribution is 0.350. The average molecular weight is 305 g/mol. The number of H-pyrrole nitrogens is 1. The highest BCUT2D eigenvalue weighted by molar-refractivity contribution is 7.92. The second-order valence-electron chi connectivity index (χ2n) is 4.43. The summed E-state index contributed by atoms with van der Waals surface area (Å²) in [6.07, 6.45) is 1.27. The number of hydrogen-bond donors (Lipinski definition) is 3. The van der Waals surface area contributed by atoms with Crippen molar-refractivity contribution >= 4 is 15.7 Å². The summed E-state index contributed by atoms with van der Waals surface area (Å²) in [4.78, 5) is 6.56. The van der Waals surface area contributed by atoms with Crippen LogP contribution in [-0.2, 0) is 10.0 Å². The SMILES string of the molecule is Cc1ncc(S(=O)(=O)Nc2cc(C#CCO)ccc2C)[nH]1. The largest absolute Gasteiger partial charge is 0.384 e. The van der Waals surface area contributed by atoms with Crippen LogP contribution < -0.4 is 4.72 Å². The number of aromatic amines is 1. The Hall–Kier alpha value is -2.30. The molecular formula is C14H15N3O3S. The van der Waals surface area contributed by atoms with Gasteiger partial charge in [0.05, 0.1) is 11.9 Å². The summed E-state index contributed by atoms with van der Waals surface area (Å²) < 4.78 is 27.0.